The zero-order valence-electron chi connectivity index (χ0n) is 9.34. The second-order valence-electron chi connectivity index (χ2n) is 4.11. The summed E-state index contributed by atoms with van der Waals surface area (Å²) in [6.45, 7) is 1.22. The van der Waals surface area contributed by atoms with E-state index in [1.165, 1.54) is 6.20 Å². The van der Waals surface area contributed by atoms with E-state index in [0.717, 1.165) is 19.4 Å². The van der Waals surface area contributed by atoms with E-state index in [1.54, 1.807) is 6.20 Å². The number of hydrogen-bond donors (Lipinski definition) is 1. The lowest BCUT2D eigenvalue weighted by Crippen LogP contribution is -2.44. The van der Waals surface area contributed by atoms with Gasteiger partial charge in [-0.15, -0.1) is 0 Å². The monoisotopic (exact) mass is 255 g/mol. The standard InChI is InChI=1S/C11H14ClN3O2/c12-10-8(13-4-5-14-10)7-15-6-2-1-3-9(15)11(16)17/h4-5,9H,1-3,6-7H2,(H,16,17)/t9-/m1/s1. The minimum atomic E-state index is -0.773. The molecule has 17 heavy (non-hydrogen) atoms. The van der Waals surface area contributed by atoms with Crippen molar-refractivity contribution in [3.8, 4) is 0 Å². The van der Waals surface area contributed by atoms with Gasteiger partial charge in [-0.25, -0.2) is 4.98 Å². The van der Waals surface area contributed by atoms with Gasteiger partial charge in [0.1, 0.15) is 6.04 Å². The summed E-state index contributed by atoms with van der Waals surface area (Å²) in [5.74, 6) is -0.773. The molecule has 0 aromatic carbocycles. The molecule has 2 rings (SSSR count). The van der Waals surface area contributed by atoms with Gasteiger partial charge in [-0.3, -0.25) is 14.7 Å². The SMILES string of the molecule is O=C(O)[C@H]1CCCCN1Cc1nccnc1Cl. The van der Waals surface area contributed by atoms with Crippen LogP contribution in [-0.4, -0.2) is 38.5 Å². The lowest BCUT2D eigenvalue weighted by Gasteiger charge is -2.32. The van der Waals surface area contributed by atoms with Crippen LogP contribution in [0, 0.1) is 0 Å². The summed E-state index contributed by atoms with van der Waals surface area (Å²) < 4.78 is 0. The third kappa shape index (κ3) is 2.92. The number of nitrogens with zero attached hydrogens (tertiary/aromatic N) is 3. The Balaban J connectivity index is 2.11. The number of aliphatic carboxylic acids is 1. The second-order valence-corrected chi connectivity index (χ2v) is 4.47. The van der Waals surface area contributed by atoms with E-state index in [-0.39, 0.29) is 0 Å². The maximum Gasteiger partial charge on any atom is 0.320 e. The Morgan fingerprint density at radius 2 is 2.24 bits per heavy atom. The minimum Gasteiger partial charge on any atom is -0.480 e. The molecule has 0 bridgehead atoms. The molecule has 1 aromatic rings. The summed E-state index contributed by atoms with van der Waals surface area (Å²) in [7, 11) is 0. The van der Waals surface area contributed by atoms with Crippen LogP contribution in [0.3, 0.4) is 0 Å². The Kier molecular flexibility index (Phi) is 3.91. The molecule has 5 nitrogen and oxygen atoms in total. The Morgan fingerprint density at radius 3 is 2.94 bits per heavy atom. The number of piperidine rings is 1. The fraction of sp³-hybridized carbons (Fsp3) is 0.545. The summed E-state index contributed by atoms with van der Waals surface area (Å²) in [4.78, 5) is 21.1. The second kappa shape index (κ2) is 5.42. The molecule has 0 unspecified atom stereocenters. The molecule has 1 aliphatic rings. The summed E-state index contributed by atoms with van der Waals surface area (Å²) in [5.41, 5.74) is 0.641. The zero-order chi connectivity index (χ0) is 12.3. The quantitative estimate of drug-likeness (QED) is 0.888. The predicted molar refractivity (Wildman–Crippen MR) is 62.7 cm³/mol. The third-order valence-corrected chi connectivity index (χ3v) is 3.29. The van der Waals surface area contributed by atoms with E-state index >= 15 is 0 Å². The number of carbonyl (C=O) groups is 1. The Hall–Kier alpha value is -1.20. The first-order chi connectivity index (χ1) is 8.18. The van der Waals surface area contributed by atoms with Gasteiger partial charge < -0.3 is 5.11 Å². The smallest absolute Gasteiger partial charge is 0.320 e. The number of carboxylic acid groups (broad SMARTS) is 1. The van der Waals surface area contributed by atoms with Gasteiger partial charge in [-0.2, -0.15) is 0 Å². The Labute approximate surface area is 104 Å². The van der Waals surface area contributed by atoms with Gasteiger partial charge in [-0.05, 0) is 19.4 Å². The van der Waals surface area contributed by atoms with Gasteiger partial charge in [-0.1, -0.05) is 18.0 Å². The molecule has 1 N–H and O–H groups in total. The Bertz CT molecular complexity index is 413. The van der Waals surface area contributed by atoms with Crippen LogP contribution in [0.1, 0.15) is 25.0 Å². The van der Waals surface area contributed by atoms with Crippen LogP contribution in [0.15, 0.2) is 12.4 Å². The van der Waals surface area contributed by atoms with Crippen LogP contribution in [0.2, 0.25) is 5.15 Å². The first kappa shape index (κ1) is 12.3. The molecule has 0 radical (unpaired) electrons. The topological polar surface area (TPSA) is 66.3 Å². The summed E-state index contributed by atoms with van der Waals surface area (Å²) in [5, 5.41) is 9.49. The van der Waals surface area contributed by atoms with Gasteiger partial charge in [0.2, 0.25) is 0 Å². The van der Waals surface area contributed by atoms with Crippen LogP contribution >= 0.6 is 11.6 Å². The highest BCUT2D eigenvalue weighted by molar-refractivity contribution is 6.29. The molecule has 6 heteroatoms. The molecule has 1 atom stereocenters. The van der Waals surface area contributed by atoms with Crippen molar-refractivity contribution in [3.63, 3.8) is 0 Å². The van der Waals surface area contributed by atoms with E-state index in [9.17, 15) is 4.79 Å². The average molecular weight is 256 g/mol. The fourth-order valence-corrected chi connectivity index (χ4v) is 2.27. The molecule has 0 saturated carbocycles. The normalized spacial score (nSPS) is 21.4. The van der Waals surface area contributed by atoms with Gasteiger partial charge in [0.05, 0.1) is 5.69 Å². The number of hydrogen-bond acceptors (Lipinski definition) is 4. The first-order valence-corrected chi connectivity index (χ1v) is 5.98. The van der Waals surface area contributed by atoms with Crippen molar-refractivity contribution in [3.05, 3.63) is 23.2 Å². The number of halogens is 1. The van der Waals surface area contributed by atoms with Crippen molar-refractivity contribution < 1.29 is 9.90 Å². The highest BCUT2D eigenvalue weighted by Gasteiger charge is 2.28. The van der Waals surface area contributed by atoms with Crippen LogP contribution in [0.4, 0.5) is 0 Å². The Morgan fingerprint density at radius 1 is 1.47 bits per heavy atom. The molecular formula is C11H14ClN3O2. The molecule has 1 aliphatic heterocycles. The van der Waals surface area contributed by atoms with Crippen molar-refractivity contribution in [1.82, 2.24) is 14.9 Å². The van der Waals surface area contributed by atoms with Crippen LogP contribution in [0.25, 0.3) is 0 Å². The number of aromatic nitrogens is 2. The van der Waals surface area contributed by atoms with Crippen molar-refractivity contribution >= 4 is 17.6 Å². The lowest BCUT2D eigenvalue weighted by molar-refractivity contribution is -0.144. The van der Waals surface area contributed by atoms with Crippen molar-refractivity contribution in [1.29, 1.82) is 0 Å². The van der Waals surface area contributed by atoms with E-state index < -0.39 is 12.0 Å². The van der Waals surface area contributed by atoms with Gasteiger partial charge in [0.15, 0.2) is 5.15 Å². The van der Waals surface area contributed by atoms with Crippen molar-refractivity contribution in [2.45, 2.75) is 31.8 Å². The fourth-order valence-electron chi connectivity index (χ4n) is 2.11. The third-order valence-electron chi connectivity index (χ3n) is 2.97. The maximum atomic E-state index is 11.1. The highest BCUT2D eigenvalue weighted by Crippen LogP contribution is 2.21. The van der Waals surface area contributed by atoms with Crippen LogP contribution in [-0.2, 0) is 11.3 Å². The molecular weight excluding hydrogens is 242 g/mol. The highest BCUT2D eigenvalue weighted by atomic mass is 35.5. The number of carboxylic acids is 1. The molecule has 0 aliphatic carbocycles. The maximum absolute atomic E-state index is 11.1. The summed E-state index contributed by atoms with van der Waals surface area (Å²) in [6.07, 6.45) is 5.76. The molecule has 1 aromatic heterocycles. The van der Waals surface area contributed by atoms with Gasteiger partial charge in [0, 0.05) is 18.9 Å². The average Bonchev–Trinajstić information content (AvgIpc) is 2.32. The molecule has 0 amide bonds. The largest absolute Gasteiger partial charge is 0.480 e. The molecule has 2 heterocycles. The van der Waals surface area contributed by atoms with E-state index in [4.69, 9.17) is 16.7 Å². The zero-order valence-corrected chi connectivity index (χ0v) is 10.1. The number of likely N-dealkylation sites (tertiary alicyclic amines) is 1. The summed E-state index contributed by atoms with van der Waals surface area (Å²) >= 11 is 5.92. The van der Waals surface area contributed by atoms with E-state index in [0.29, 0.717) is 23.8 Å². The van der Waals surface area contributed by atoms with Gasteiger partial charge >= 0.3 is 5.97 Å². The van der Waals surface area contributed by atoms with Crippen LogP contribution < -0.4 is 0 Å². The van der Waals surface area contributed by atoms with Crippen LogP contribution in [0.5, 0.6) is 0 Å². The van der Waals surface area contributed by atoms with Gasteiger partial charge in [0.25, 0.3) is 0 Å². The van der Waals surface area contributed by atoms with E-state index in [1.807, 2.05) is 4.90 Å². The summed E-state index contributed by atoms with van der Waals surface area (Å²) in [6, 6.07) is -0.429. The number of rotatable bonds is 3. The molecule has 92 valence electrons. The van der Waals surface area contributed by atoms with E-state index in [2.05, 4.69) is 9.97 Å². The molecule has 0 spiro atoms. The molecule has 1 fully saturated rings. The van der Waals surface area contributed by atoms with Crippen molar-refractivity contribution in [2.24, 2.45) is 0 Å². The first-order valence-electron chi connectivity index (χ1n) is 5.60. The minimum absolute atomic E-state index is 0.349. The lowest BCUT2D eigenvalue weighted by atomic mass is 10.0. The predicted octanol–water partition coefficient (Wildman–Crippen LogP) is 1.57. The molecule has 1 saturated heterocycles. The van der Waals surface area contributed by atoms with Crippen molar-refractivity contribution in [2.75, 3.05) is 6.54 Å².